The van der Waals surface area contributed by atoms with Crippen molar-refractivity contribution in [3.63, 3.8) is 0 Å². The van der Waals surface area contributed by atoms with Gasteiger partial charge in [0.2, 0.25) is 0 Å². The van der Waals surface area contributed by atoms with Gasteiger partial charge in [0.05, 0.1) is 0 Å². The van der Waals surface area contributed by atoms with Crippen molar-refractivity contribution in [3.8, 4) is 0 Å². The molecule has 0 fully saturated rings. The predicted octanol–water partition coefficient (Wildman–Crippen LogP) is 5.10. The van der Waals surface area contributed by atoms with Gasteiger partial charge in [-0.05, 0) is 76.4 Å². The maximum absolute atomic E-state index is 4.22. The van der Waals surface area contributed by atoms with Crippen molar-refractivity contribution in [1.29, 1.82) is 0 Å². The molecule has 1 aromatic carbocycles. The Morgan fingerprint density at radius 3 is 2.48 bits per heavy atom. The first-order valence-corrected chi connectivity index (χ1v) is 8.68. The highest BCUT2D eigenvalue weighted by Crippen LogP contribution is 2.26. The fourth-order valence-corrected chi connectivity index (χ4v) is 2.45. The van der Waals surface area contributed by atoms with E-state index in [2.05, 4.69) is 83.6 Å². The number of allylic oxidation sites excluding steroid dienone is 2. The summed E-state index contributed by atoms with van der Waals surface area (Å²) in [6, 6.07) is 7.20. The van der Waals surface area contributed by atoms with E-state index < -0.39 is 0 Å². The van der Waals surface area contributed by atoms with E-state index in [0.717, 1.165) is 25.2 Å². The molecule has 0 aliphatic carbocycles. The van der Waals surface area contributed by atoms with Gasteiger partial charge >= 0.3 is 0 Å². The molecule has 0 radical (unpaired) electrons. The van der Waals surface area contributed by atoms with E-state index in [1.165, 1.54) is 27.8 Å². The minimum absolute atomic E-state index is 0.570. The van der Waals surface area contributed by atoms with Crippen LogP contribution < -0.4 is 5.32 Å². The second-order valence-corrected chi connectivity index (χ2v) is 6.77. The number of likely N-dealkylation sites (N-methyl/N-ethyl adjacent to an activating group) is 1. The Morgan fingerprint density at radius 1 is 1.26 bits per heavy atom. The molecular weight excluding hydrogens is 280 g/mol. The molecule has 0 spiro atoms. The van der Waals surface area contributed by atoms with Gasteiger partial charge in [0.15, 0.2) is 0 Å². The van der Waals surface area contributed by atoms with Crippen LogP contribution in [-0.2, 0) is 0 Å². The summed E-state index contributed by atoms with van der Waals surface area (Å²) in [5.41, 5.74) is 7.68. The highest BCUT2D eigenvalue weighted by atomic mass is 15.1. The smallest absolute Gasteiger partial charge is 0.0341 e. The van der Waals surface area contributed by atoms with Crippen LogP contribution in [0.1, 0.15) is 57.7 Å². The third kappa shape index (κ3) is 5.54. The van der Waals surface area contributed by atoms with Crippen LogP contribution in [0.2, 0.25) is 0 Å². The topological polar surface area (TPSA) is 15.3 Å². The standard InChI is InChI=1S/C21H34N2/c1-9-16(4)18(6)21-14-20(11-10-17(21)5)19(7)22-12-13-23(8)15(2)3/h10-11,14-15,22H,7,9,12-13H2,1-6,8H3/b18-16-. The first kappa shape index (κ1) is 19.5. The van der Waals surface area contributed by atoms with E-state index in [4.69, 9.17) is 0 Å². The zero-order chi connectivity index (χ0) is 17.6. The molecule has 0 aliphatic rings. The molecule has 0 heterocycles. The van der Waals surface area contributed by atoms with Gasteiger partial charge in [-0.1, -0.05) is 31.2 Å². The number of hydrogen-bond donors (Lipinski definition) is 1. The lowest BCUT2D eigenvalue weighted by Crippen LogP contribution is -2.33. The average Bonchev–Trinajstić information content (AvgIpc) is 2.53. The Hall–Kier alpha value is -1.54. The molecule has 0 saturated heterocycles. The van der Waals surface area contributed by atoms with Crippen molar-refractivity contribution in [3.05, 3.63) is 47.0 Å². The number of nitrogens with zero attached hydrogens (tertiary/aromatic N) is 1. The van der Waals surface area contributed by atoms with Crippen LogP contribution in [0.4, 0.5) is 0 Å². The molecule has 1 aromatic rings. The van der Waals surface area contributed by atoms with Crippen LogP contribution in [-0.4, -0.2) is 31.1 Å². The molecule has 2 nitrogen and oxygen atoms in total. The molecule has 23 heavy (non-hydrogen) atoms. The molecule has 1 N–H and O–H groups in total. The van der Waals surface area contributed by atoms with Crippen molar-refractivity contribution in [2.45, 2.75) is 54.0 Å². The maximum atomic E-state index is 4.22. The molecule has 0 aliphatic heterocycles. The first-order valence-electron chi connectivity index (χ1n) is 8.68. The Kier molecular flexibility index (Phi) is 7.57. The summed E-state index contributed by atoms with van der Waals surface area (Å²) < 4.78 is 0. The summed E-state index contributed by atoms with van der Waals surface area (Å²) >= 11 is 0. The number of nitrogens with one attached hydrogen (secondary N) is 1. The first-order chi connectivity index (χ1) is 10.8. The van der Waals surface area contributed by atoms with E-state index >= 15 is 0 Å². The maximum Gasteiger partial charge on any atom is 0.0341 e. The zero-order valence-electron chi connectivity index (χ0n) is 16.1. The van der Waals surface area contributed by atoms with Crippen LogP contribution >= 0.6 is 0 Å². The predicted molar refractivity (Wildman–Crippen MR) is 105 cm³/mol. The average molecular weight is 315 g/mol. The Morgan fingerprint density at radius 2 is 1.91 bits per heavy atom. The number of benzene rings is 1. The van der Waals surface area contributed by atoms with Gasteiger partial charge in [-0.2, -0.15) is 0 Å². The Bertz CT molecular complexity index is 567. The summed E-state index contributed by atoms with van der Waals surface area (Å²) in [6.45, 7) is 19.4. The molecule has 0 amide bonds. The highest BCUT2D eigenvalue weighted by Gasteiger charge is 2.08. The molecular formula is C21H34N2. The monoisotopic (exact) mass is 314 g/mol. The van der Waals surface area contributed by atoms with Crippen molar-refractivity contribution in [2.75, 3.05) is 20.1 Å². The second kappa shape index (κ2) is 8.93. The SMILES string of the molecule is C=C(NCCN(C)C(C)C)c1ccc(C)c(/C(C)=C(/C)CC)c1. The number of rotatable bonds is 8. The summed E-state index contributed by atoms with van der Waals surface area (Å²) in [5, 5.41) is 3.46. The lowest BCUT2D eigenvalue weighted by atomic mass is 9.94. The van der Waals surface area contributed by atoms with Gasteiger partial charge in [0, 0.05) is 24.8 Å². The molecule has 0 bridgehead atoms. The summed E-state index contributed by atoms with van der Waals surface area (Å²) in [5.74, 6) is 0. The van der Waals surface area contributed by atoms with Gasteiger partial charge in [0.1, 0.15) is 0 Å². The minimum atomic E-state index is 0.570. The summed E-state index contributed by atoms with van der Waals surface area (Å²) in [7, 11) is 2.15. The van der Waals surface area contributed by atoms with Gasteiger partial charge in [-0.25, -0.2) is 0 Å². The van der Waals surface area contributed by atoms with E-state index in [-0.39, 0.29) is 0 Å². The van der Waals surface area contributed by atoms with Crippen molar-refractivity contribution in [1.82, 2.24) is 10.2 Å². The Balaban J connectivity index is 2.83. The van der Waals surface area contributed by atoms with Crippen molar-refractivity contribution >= 4 is 11.3 Å². The van der Waals surface area contributed by atoms with Crippen LogP contribution in [0, 0.1) is 6.92 Å². The van der Waals surface area contributed by atoms with Crippen LogP contribution in [0.3, 0.4) is 0 Å². The highest BCUT2D eigenvalue weighted by molar-refractivity contribution is 5.73. The van der Waals surface area contributed by atoms with Crippen LogP contribution in [0.5, 0.6) is 0 Å². The molecule has 0 saturated carbocycles. The fraction of sp³-hybridized carbons (Fsp3) is 0.524. The zero-order valence-corrected chi connectivity index (χ0v) is 16.1. The number of aryl methyl sites for hydroxylation is 1. The third-order valence-corrected chi connectivity index (χ3v) is 4.84. The molecule has 0 aromatic heterocycles. The van der Waals surface area contributed by atoms with Gasteiger partial charge in [-0.3, -0.25) is 0 Å². The van der Waals surface area contributed by atoms with Gasteiger partial charge in [0.25, 0.3) is 0 Å². The molecule has 2 heteroatoms. The van der Waals surface area contributed by atoms with E-state index in [1.807, 2.05) is 0 Å². The van der Waals surface area contributed by atoms with Crippen molar-refractivity contribution in [2.24, 2.45) is 0 Å². The summed E-state index contributed by atoms with van der Waals surface area (Å²) in [4.78, 5) is 2.33. The minimum Gasteiger partial charge on any atom is -0.384 e. The molecule has 0 atom stereocenters. The quantitative estimate of drug-likeness (QED) is 0.718. The third-order valence-electron chi connectivity index (χ3n) is 4.84. The largest absolute Gasteiger partial charge is 0.384 e. The normalized spacial score (nSPS) is 12.6. The van der Waals surface area contributed by atoms with Gasteiger partial charge < -0.3 is 10.2 Å². The van der Waals surface area contributed by atoms with E-state index in [1.54, 1.807) is 0 Å². The van der Waals surface area contributed by atoms with Gasteiger partial charge in [-0.15, -0.1) is 0 Å². The lowest BCUT2D eigenvalue weighted by Gasteiger charge is -2.22. The molecule has 128 valence electrons. The van der Waals surface area contributed by atoms with Crippen LogP contribution in [0.25, 0.3) is 11.3 Å². The van der Waals surface area contributed by atoms with E-state index in [0.29, 0.717) is 6.04 Å². The summed E-state index contributed by atoms with van der Waals surface area (Å²) in [6.07, 6.45) is 1.09. The molecule has 1 rings (SSSR count). The fourth-order valence-electron chi connectivity index (χ4n) is 2.45. The van der Waals surface area contributed by atoms with Crippen LogP contribution in [0.15, 0.2) is 30.4 Å². The molecule has 0 unspecified atom stereocenters. The Labute approximate surface area is 143 Å². The van der Waals surface area contributed by atoms with E-state index in [9.17, 15) is 0 Å². The lowest BCUT2D eigenvalue weighted by molar-refractivity contribution is 0.278. The second-order valence-electron chi connectivity index (χ2n) is 6.77. The van der Waals surface area contributed by atoms with Crippen molar-refractivity contribution < 1.29 is 0 Å². The number of hydrogen-bond acceptors (Lipinski definition) is 2.